The highest BCUT2D eigenvalue weighted by atomic mass is 32.1. The van der Waals surface area contributed by atoms with E-state index in [1.807, 2.05) is 13.8 Å². The van der Waals surface area contributed by atoms with Gasteiger partial charge in [-0.05, 0) is 18.1 Å². The molecule has 0 saturated carbocycles. The van der Waals surface area contributed by atoms with Crippen molar-refractivity contribution < 1.29 is 4.79 Å². The number of hydrogen-bond acceptors (Lipinski definition) is 2. The van der Waals surface area contributed by atoms with Crippen molar-refractivity contribution in [2.24, 2.45) is 17.8 Å². The first-order chi connectivity index (χ1) is 5.49. The summed E-state index contributed by atoms with van der Waals surface area (Å²) in [7, 11) is 0. The Labute approximate surface area is 81.3 Å². The van der Waals surface area contributed by atoms with Crippen molar-refractivity contribution in [3.05, 3.63) is 0 Å². The van der Waals surface area contributed by atoms with Crippen molar-refractivity contribution in [2.45, 2.75) is 34.1 Å². The minimum atomic E-state index is 0.113. The molecule has 2 atom stereocenters. The Morgan fingerprint density at radius 2 is 1.67 bits per heavy atom. The third kappa shape index (κ3) is 4.15. The Morgan fingerprint density at radius 1 is 1.17 bits per heavy atom. The molecule has 0 aliphatic carbocycles. The van der Waals surface area contributed by atoms with E-state index in [9.17, 15) is 4.79 Å². The Morgan fingerprint density at radius 3 is 2.00 bits per heavy atom. The van der Waals surface area contributed by atoms with Gasteiger partial charge in [-0.1, -0.05) is 27.7 Å². The third-order valence-corrected chi connectivity index (χ3v) is 2.62. The monoisotopic (exact) mass is 188 g/mol. The highest BCUT2D eigenvalue weighted by molar-refractivity contribution is 7.80. The van der Waals surface area contributed by atoms with Gasteiger partial charge in [-0.25, -0.2) is 0 Å². The number of thiol groups is 1. The molecule has 1 nitrogen and oxygen atoms in total. The molecule has 2 heteroatoms. The minimum absolute atomic E-state index is 0.113. The van der Waals surface area contributed by atoms with E-state index in [1.165, 1.54) is 0 Å². The molecular weight excluding hydrogens is 168 g/mol. The first-order valence-corrected chi connectivity index (χ1v) is 5.26. The van der Waals surface area contributed by atoms with Crippen LogP contribution >= 0.6 is 12.6 Å². The van der Waals surface area contributed by atoms with Gasteiger partial charge in [0.25, 0.3) is 0 Å². The first kappa shape index (κ1) is 12.0. The van der Waals surface area contributed by atoms with Crippen LogP contribution in [0.25, 0.3) is 0 Å². The number of carbonyl (C=O) groups is 1. The summed E-state index contributed by atoms with van der Waals surface area (Å²) in [5.41, 5.74) is 0. The predicted molar refractivity (Wildman–Crippen MR) is 56.6 cm³/mol. The van der Waals surface area contributed by atoms with Gasteiger partial charge in [0.2, 0.25) is 0 Å². The number of rotatable bonds is 5. The fraction of sp³-hybridized carbons (Fsp3) is 0.900. The standard InChI is InChI=1S/C10H20OS/c1-7(2)5-8(3)10(11)9(4)6-12/h7-9,12H,5-6H2,1-4H3. The molecule has 0 aromatic rings. The molecule has 0 radical (unpaired) electrons. The molecule has 72 valence electrons. The third-order valence-electron chi connectivity index (χ3n) is 2.07. The highest BCUT2D eigenvalue weighted by Gasteiger charge is 2.19. The van der Waals surface area contributed by atoms with Crippen molar-refractivity contribution in [3.63, 3.8) is 0 Å². The highest BCUT2D eigenvalue weighted by Crippen LogP contribution is 2.16. The van der Waals surface area contributed by atoms with Crippen molar-refractivity contribution in [1.82, 2.24) is 0 Å². The van der Waals surface area contributed by atoms with Gasteiger partial charge in [0.1, 0.15) is 5.78 Å². The van der Waals surface area contributed by atoms with Crippen LogP contribution in [0, 0.1) is 17.8 Å². The van der Waals surface area contributed by atoms with Crippen LogP contribution in [0.15, 0.2) is 0 Å². The summed E-state index contributed by atoms with van der Waals surface area (Å²) < 4.78 is 0. The summed E-state index contributed by atoms with van der Waals surface area (Å²) >= 11 is 4.12. The Balaban J connectivity index is 3.92. The van der Waals surface area contributed by atoms with Crippen molar-refractivity contribution in [3.8, 4) is 0 Å². The maximum atomic E-state index is 11.6. The van der Waals surface area contributed by atoms with Crippen LogP contribution in [0.4, 0.5) is 0 Å². The maximum Gasteiger partial charge on any atom is 0.139 e. The van der Waals surface area contributed by atoms with E-state index < -0.39 is 0 Å². The molecule has 0 rings (SSSR count). The molecule has 0 bridgehead atoms. The molecule has 0 aromatic heterocycles. The number of Topliss-reactive ketones (excluding diaryl/α,β-unsaturated/α-hetero) is 1. The van der Waals surface area contributed by atoms with E-state index in [-0.39, 0.29) is 11.8 Å². The quantitative estimate of drug-likeness (QED) is 0.657. The molecule has 0 amide bonds. The predicted octanol–water partition coefficient (Wildman–Crippen LogP) is 2.80. The summed E-state index contributed by atoms with van der Waals surface area (Å²) in [5.74, 6) is 1.95. The van der Waals surface area contributed by atoms with Crippen LogP contribution in [0.3, 0.4) is 0 Å². The largest absolute Gasteiger partial charge is 0.299 e. The summed E-state index contributed by atoms with van der Waals surface area (Å²) in [6.07, 6.45) is 0.997. The van der Waals surface area contributed by atoms with Crippen LogP contribution in [0.1, 0.15) is 34.1 Å². The molecule has 0 fully saturated rings. The van der Waals surface area contributed by atoms with Gasteiger partial charge < -0.3 is 0 Å². The Hall–Kier alpha value is 0.0200. The van der Waals surface area contributed by atoms with Crippen molar-refractivity contribution >= 4 is 18.4 Å². The number of carbonyl (C=O) groups excluding carboxylic acids is 1. The van der Waals surface area contributed by atoms with Gasteiger partial charge >= 0.3 is 0 Å². The maximum absolute atomic E-state index is 11.6. The molecule has 0 aromatic carbocycles. The fourth-order valence-electron chi connectivity index (χ4n) is 1.40. The summed E-state index contributed by atoms with van der Waals surface area (Å²) in [6, 6.07) is 0. The van der Waals surface area contributed by atoms with Crippen molar-refractivity contribution in [1.29, 1.82) is 0 Å². The molecule has 0 aliphatic rings. The van der Waals surface area contributed by atoms with Crippen LogP contribution in [0.2, 0.25) is 0 Å². The molecule has 2 unspecified atom stereocenters. The Bertz CT molecular complexity index is 143. The lowest BCUT2D eigenvalue weighted by molar-refractivity contribution is -0.125. The summed E-state index contributed by atoms with van der Waals surface area (Å²) in [6.45, 7) is 8.26. The van der Waals surface area contributed by atoms with Crippen LogP contribution in [0.5, 0.6) is 0 Å². The average molecular weight is 188 g/mol. The molecule has 0 heterocycles. The Kier molecular flexibility index (Phi) is 5.64. The van der Waals surface area contributed by atoms with Gasteiger partial charge in [0.15, 0.2) is 0 Å². The second kappa shape index (κ2) is 5.63. The van der Waals surface area contributed by atoms with E-state index in [0.717, 1.165) is 6.42 Å². The van der Waals surface area contributed by atoms with E-state index >= 15 is 0 Å². The lowest BCUT2D eigenvalue weighted by Crippen LogP contribution is -2.21. The summed E-state index contributed by atoms with van der Waals surface area (Å²) in [5, 5.41) is 0. The first-order valence-electron chi connectivity index (χ1n) is 4.63. The van der Waals surface area contributed by atoms with E-state index in [0.29, 0.717) is 17.5 Å². The zero-order valence-electron chi connectivity index (χ0n) is 8.50. The van der Waals surface area contributed by atoms with Gasteiger partial charge in [0, 0.05) is 11.8 Å². The van der Waals surface area contributed by atoms with Crippen molar-refractivity contribution in [2.75, 3.05) is 5.75 Å². The van der Waals surface area contributed by atoms with Crippen LogP contribution in [-0.2, 0) is 4.79 Å². The van der Waals surface area contributed by atoms with Gasteiger partial charge in [0.05, 0.1) is 0 Å². The van der Waals surface area contributed by atoms with Gasteiger partial charge in [-0.15, -0.1) is 0 Å². The van der Waals surface area contributed by atoms with Gasteiger partial charge in [-0.2, -0.15) is 12.6 Å². The van der Waals surface area contributed by atoms with E-state index in [4.69, 9.17) is 0 Å². The zero-order valence-corrected chi connectivity index (χ0v) is 9.40. The van der Waals surface area contributed by atoms with Gasteiger partial charge in [-0.3, -0.25) is 4.79 Å². The second-order valence-corrected chi connectivity index (χ2v) is 4.38. The summed E-state index contributed by atoms with van der Waals surface area (Å²) in [4.78, 5) is 11.6. The lowest BCUT2D eigenvalue weighted by Gasteiger charge is -2.16. The minimum Gasteiger partial charge on any atom is -0.299 e. The molecule has 0 spiro atoms. The molecular formula is C10H20OS. The van der Waals surface area contributed by atoms with Crippen LogP contribution in [-0.4, -0.2) is 11.5 Å². The molecule has 0 saturated heterocycles. The van der Waals surface area contributed by atoms with Crippen LogP contribution < -0.4 is 0 Å². The lowest BCUT2D eigenvalue weighted by atomic mass is 9.90. The fourth-order valence-corrected chi connectivity index (χ4v) is 1.58. The SMILES string of the molecule is CC(C)CC(C)C(=O)C(C)CS. The average Bonchev–Trinajstić information content (AvgIpc) is 2.00. The smallest absolute Gasteiger partial charge is 0.139 e. The molecule has 0 N–H and O–H groups in total. The zero-order chi connectivity index (χ0) is 9.72. The normalized spacial score (nSPS) is 16.2. The van der Waals surface area contributed by atoms with E-state index in [2.05, 4.69) is 26.5 Å². The second-order valence-electron chi connectivity index (χ2n) is 4.02. The van der Waals surface area contributed by atoms with E-state index in [1.54, 1.807) is 0 Å². The molecule has 0 aliphatic heterocycles. The topological polar surface area (TPSA) is 17.1 Å². The molecule has 12 heavy (non-hydrogen) atoms. The number of ketones is 1. The number of hydrogen-bond donors (Lipinski definition) is 1.